The number of carbonyl (C=O) groups is 1. The molecule has 4 heteroatoms. The van der Waals surface area contributed by atoms with Gasteiger partial charge in [0.1, 0.15) is 0 Å². The van der Waals surface area contributed by atoms with E-state index in [1.54, 1.807) is 5.57 Å². The lowest BCUT2D eigenvalue weighted by Crippen LogP contribution is -2.45. The number of nitrogens with one attached hydrogen (secondary N) is 1. The minimum absolute atomic E-state index is 0.224. The molecule has 4 aliphatic rings. The summed E-state index contributed by atoms with van der Waals surface area (Å²) in [6, 6.07) is 0. The fourth-order valence-corrected chi connectivity index (χ4v) is 5.87. The third-order valence-corrected chi connectivity index (χ3v) is 7.15. The second-order valence-electron chi connectivity index (χ2n) is 7.52. The molecule has 3 unspecified atom stereocenters. The van der Waals surface area contributed by atoms with E-state index >= 15 is 0 Å². The number of rotatable bonds is 3. The molecular formula is C19H28N2OS. The maximum Gasteiger partial charge on any atom is 0.228 e. The van der Waals surface area contributed by atoms with Crippen molar-refractivity contribution in [3.05, 3.63) is 23.4 Å². The molecular weight excluding hydrogens is 304 g/mol. The van der Waals surface area contributed by atoms with Crippen LogP contribution in [0.1, 0.15) is 38.5 Å². The van der Waals surface area contributed by atoms with Crippen molar-refractivity contribution in [1.29, 1.82) is 0 Å². The monoisotopic (exact) mass is 332 g/mol. The molecule has 0 bridgehead atoms. The summed E-state index contributed by atoms with van der Waals surface area (Å²) in [4.78, 5) is 14.9. The number of allylic oxidation sites excluding steroid dienone is 3. The van der Waals surface area contributed by atoms with Crippen molar-refractivity contribution in [2.75, 3.05) is 31.1 Å². The molecule has 0 saturated carbocycles. The average molecular weight is 333 g/mol. The van der Waals surface area contributed by atoms with E-state index in [0.29, 0.717) is 11.8 Å². The third kappa shape index (κ3) is 3.39. The molecule has 1 aliphatic carbocycles. The summed E-state index contributed by atoms with van der Waals surface area (Å²) in [5, 5.41) is 3.17. The van der Waals surface area contributed by atoms with Gasteiger partial charge in [0.25, 0.3) is 0 Å². The van der Waals surface area contributed by atoms with E-state index in [1.165, 1.54) is 63.9 Å². The highest BCUT2D eigenvalue weighted by molar-refractivity contribution is 7.99. The van der Waals surface area contributed by atoms with Gasteiger partial charge < -0.3 is 10.2 Å². The zero-order chi connectivity index (χ0) is 15.6. The molecule has 0 radical (unpaired) electrons. The Bertz CT molecular complexity index is 521. The molecule has 1 N–H and O–H groups in total. The summed E-state index contributed by atoms with van der Waals surface area (Å²) in [6.45, 7) is 3.83. The predicted molar refractivity (Wildman–Crippen MR) is 96.2 cm³/mol. The Morgan fingerprint density at radius 3 is 2.96 bits per heavy atom. The van der Waals surface area contributed by atoms with Crippen molar-refractivity contribution in [3.63, 3.8) is 0 Å². The molecule has 3 aliphatic heterocycles. The van der Waals surface area contributed by atoms with Gasteiger partial charge in [-0.2, -0.15) is 11.8 Å². The summed E-state index contributed by atoms with van der Waals surface area (Å²) < 4.78 is 0. The quantitative estimate of drug-likeness (QED) is 0.861. The molecule has 3 heterocycles. The normalized spacial score (nSPS) is 34.8. The van der Waals surface area contributed by atoms with Gasteiger partial charge in [0.05, 0.1) is 5.92 Å². The van der Waals surface area contributed by atoms with E-state index in [2.05, 4.69) is 22.4 Å². The van der Waals surface area contributed by atoms with Crippen LogP contribution in [0.5, 0.6) is 0 Å². The summed E-state index contributed by atoms with van der Waals surface area (Å²) >= 11 is 1.95. The summed E-state index contributed by atoms with van der Waals surface area (Å²) in [5.74, 6) is 3.89. The summed E-state index contributed by atoms with van der Waals surface area (Å²) in [7, 11) is 0. The van der Waals surface area contributed by atoms with Gasteiger partial charge in [-0.3, -0.25) is 4.79 Å². The smallest absolute Gasteiger partial charge is 0.228 e. The Balaban J connectivity index is 1.39. The first-order valence-corrected chi connectivity index (χ1v) is 10.5. The van der Waals surface area contributed by atoms with Crippen LogP contribution in [-0.4, -0.2) is 41.9 Å². The second-order valence-corrected chi connectivity index (χ2v) is 8.67. The first-order chi connectivity index (χ1) is 11.3. The molecule has 0 aromatic carbocycles. The molecule has 1 amide bonds. The highest BCUT2D eigenvalue weighted by Crippen LogP contribution is 2.42. The van der Waals surface area contributed by atoms with E-state index in [0.717, 1.165) is 11.4 Å². The summed E-state index contributed by atoms with van der Waals surface area (Å²) in [6.07, 6.45) is 12.4. The lowest BCUT2D eigenvalue weighted by Gasteiger charge is -2.40. The van der Waals surface area contributed by atoms with Crippen LogP contribution in [-0.2, 0) is 4.79 Å². The Morgan fingerprint density at radius 1 is 1.22 bits per heavy atom. The maximum absolute atomic E-state index is 12.3. The number of nitrogens with zero attached hydrogens (tertiary/aromatic N) is 1. The minimum atomic E-state index is 0.224. The van der Waals surface area contributed by atoms with Crippen LogP contribution in [0.4, 0.5) is 0 Å². The zero-order valence-corrected chi connectivity index (χ0v) is 14.7. The van der Waals surface area contributed by atoms with Crippen molar-refractivity contribution < 1.29 is 4.79 Å². The summed E-state index contributed by atoms with van der Waals surface area (Å²) in [5.41, 5.74) is 2.69. The van der Waals surface area contributed by atoms with Gasteiger partial charge in [0.15, 0.2) is 0 Å². The van der Waals surface area contributed by atoms with Crippen molar-refractivity contribution >= 4 is 17.7 Å². The molecule has 3 atom stereocenters. The molecule has 2 saturated heterocycles. The minimum Gasteiger partial charge on any atom is -0.326 e. The number of hydrogen-bond donors (Lipinski definition) is 1. The van der Waals surface area contributed by atoms with Crippen molar-refractivity contribution in [2.45, 2.75) is 38.5 Å². The Labute approximate surface area is 144 Å². The number of hydrogen-bond acceptors (Lipinski definition) is 3. The Morgan fingerprint density at radius 2 is 2.09 bits per heavy atom. The van der Waals surface area contributed by atoms with Gasteiger partial charge >= 0.3 is 0 Å². The molecule has 0 aromatic rings. The van der Waals surface area contributed by atoms with Gasteiger partial charge in [0, 0.05) is 11.4 Å². The molecule has 0 spiro atoms. The first kappa shape index (κ1) is 15.8. The van der Waals surface area contributed by atoms with Gasteiger partial charge in [-0.05, 0) is 81.0 Å². The van der Waals surface area contributed by atoms with Gasteiger partial charge in [-0.25, -0.2) is 0 Å². The lowest BCUT2D eigenvalue weighted by atomic mass is 9.74. The third-order valence-electron chi connectivity index (χ3n) is 6.03. The van der Waals surface area contributed by atoms with Crippen LogP contribution < -0.4 is 5.32 Å². The van der Waals surface area contributed by atoms with Crippen LogP contribution in [0, 0.1) is 17.8 Å². The number of piperidine rings is 1. The maximum atomic E-state index is 12.3. The number of likely N-dealkylation sites (tertiary alicyclic amines) is 1. The average Bonchev–Trinajstić information content (AvgIpc) is 2.61. The standard InChI is InChI=1S/C19H28N2OS/c22-19-17-13-23-11-7-15(17)16-12-14(4-5-18(16)20-19)6-10-21-8-2-1-3-9-21/h4-5,14-15,17H,1-3,6-13H2,(H,20,22). The van der Waals surface area contributed by atoms with Crippen LogP contribution in [0.2, 0.25) is 0 Å². The van der Waals surface area contributed by atoms with Gasteiger partial charge in [-0.1, -0.05) is 12.5 Å². The van der Waals surface area contributed by atoms with Crippen LogP contribution in [0.25, 0.3) is 0 Å². The predicted octanol–water partition coefficient (Wildman–Crippen LogP) is 3.19. The highest BCUT2D eigenvalue weighted by Gasteiger charge is 2.39. The number of amides is 1. The number of carbonyl (C=O) groups excluding carboxylic acids is 1. The first-order valence-electron chi connectivity index (χ1n) is 9.33. The molecule has 4 rings (SSSR count). The Hall–Kier alpha value is -0.740. The van der Waals surface area contributed by atoms with Crippen LogP contribution >= 0.6 is 11.8 Å². The van der Waals surface area contributed by atoms with Crippen LogP contribution in [0.3, 0.4) is 0 Å². The van der Waals surface area contributed by atoms with E-state index in [4.69, 9.17) is 0 Å². The van der Waals surface area contributed by atoms with Crippen LogP contribution in [0.15, 0.2) is 23.4 Å². The molecule has 2 fully saturated rings. The van der Waals surface area contributed by atoms with Gasteiger partial charge in [0.2, 0.25) is 5.91 Å². The fourth-order valence-electron chi connectivity index (χ4n) is 4.64. The zero-order valence-electron chi connectivity index (χ0n) is 13.9. The van der Waals surface area contributed by atoms with Gasteiger partial charge in [-0.15, -0.1) is 0 Å². The van der Waals surface area contributed by atoms with Crippen molar-refractivity contribution in [3.8, 4) is 0 Å². The molecule has 126 valence electrons. The van der Waals surface area contributed by atoms with Crippen molar-refractivity contribution in [1.82, 2.24) is 10.2 Å². The largest absolute Gasteiger partial charge is 0.326 e. The van der Waals surface area contributed by atoms with E-state index in [1.807, 2.05) is 11.8 Å². The van der Waals surface area contributed by atoms with Crippen molar-refractivity contribution in [2.24, 2.45) is 17.8 Å². The lowest BCUT2D eigenvalue weighted by molar-refractivity contribution is -0.125. The topological polar surface area (TPSA) is 32.3 Å². The molecule has 0 aromatic heterocycles. The second kappa shape index (κ2) is 7.02. The number of thioether (sulfide) groups is 1. The fraction of sp³-hybridized carbons (Fsp3) is 0.737. The number of fused-ring (bicyclic) bond motifs is 2. The SMILES string of the molecule is O=C1NC2=C(CC(CCN3CCCCC3)C=C2)C2CCSCC12. The van der Waals surface area contributed by atoms with E-state index < -0.39 is 0 Å². The van der Waals surface area contributed by atoms with E-state index in [-0.39, 0.29) is 11.8 Å². The molecule has 23 heavy (non-hydrogen) atoms. The molecule has 3 nitrogen and oxygen atoms in total. The Kier molecular flexibility index (Phi) is 4.81. The van der Waals surface area contributed by atoms with E-state index in [9.17, 15) is 4.79 Å². The highest BCUT2D eigenvalue weighted by atomic mass is 32.2.